The van der Waals surface area contributed by atoms with Crippen LogP contribution in [0.4, 0.5) is 0 Å². The van der Waals surface area contributed by atoms with Crippen molar-refractivity contribution in [3.8, 4) is 0 Å². The number of hydrogen-bond donors (Lipinski definition) is 1. The Morgan fingerprint density at radius 1 is 1.20 bits per heavy atom. The summed E-state index contributed by atoms with van der Waals surface area (Å²) in [5.74, 6) is 2.24. The van der Waals surface area contributed by atoms with Crippen LogP contribution in [0.1, 0.15) is 20.8 Å². The van der Waals surface area contributed by atoms with Crippen molar-refractivity contribution < 1.29 is 9.59 Å². The topological polar surface area (TPSA) is 52.7 Å². The molecule has 0 bridgehead atoms. The van der Waals surface area contributed by atoms with Crippen molar-refractivity contribution in [2.75, 3.05) is 44.4 Å². The lowest BCUT2D eigenvalue weighted by Crippen LogP contribution is -2.54. The van der Waals surface area contributed by atoms with Gasteiger partial charge in [-0.05, 0) is 0 Å². The SMILES string of the molecule is CC(C)(C)C(=O)CN1CCN(C(=O)C2CSCN2)CC1. The Labute approximate surface area is 125 Å². The van der Waals surface area contributed by atoms with E-state index in [0.717, 1.165) is 37.8 Å². The summed E-state index contributed by atoms with van der Waals surface area (Å²) in [6.45, 7) is 9.44. The molecule has 0 aromatic heterocycles. The fourth-order valence-electron chi connectivity index (χ4n) is 2.34. The van der Waals surface area contributed by atoms with Crippen LogP contribution in [0.25, 0.3) is 0 Å². The van der Waals surface area contributed by atoms with Crippen LogP contribution in [-0.4, -0.2) is 71.9 Å². The first-order valence-electron chi connectivity index (χ1n) is 7.23. The van der Waals surface area contributed by atoms with E-state index in [-0.39, 0.29) is 23.1 Å². The molecule has 2 aliphatic heterocycles. The minimum absolute atomic E-state index is 0.0113. The van der Waals surface area contributed by atoms with Gasteiger partial charge in [-0.15, -0.1) is 11.8 Å². The summed E-state index contributed by atoms with van der Waals surface area (Å²) >= 11 is 1.77. The van der Waals surface area contributed by atoms with Crippen molar-refractivity contribution in [1.29, 1.82) is 0 Å². The van der Waals surface area contributed by atoms with Gasteiger partial charge in [0.15, 0.2) is 5.78 Å². The highest BCUT2D eigenvalue weighted by molar-refractivity contribution is 7.99. The van der Waals surface area contributed by atoms with E-state index in [4.69, 9.17) is 0 Å². The third kappa shape index (κ3) is 3.96. The lowest BCUT2D eigenvalue weighted by Gasteiger charge is -2.36. The molecule has 20 heavy (non-hydrogen) atoms. The molecule has 1 amide bonds. The zero-order valence-electron chi connectivity index (χ0n) is 12.6. The van der Waals surface area contributed by atoms with E-state index in [0.29, 0.717) is 6.54 Å². The van der Waals surface area contributed by atoms with Gasteiger partial charge in [0.2, 0.25) is 5.91 Å². The van der Waals surface area contributed by atoms with Gasteiger partial charge in [-0.3, -0.25) is 19.8 Å². The van der Waals surface area contributed by atoms with Crippen LogP contribution < -0.4 is 5.32 Å². The Morgan fingerprint density at radius 2 is 1.85 bits per heavy atom. The quantitative estimate of drug-likeness (QED) is 0.818. The van der Waals surface area contributed by atoms with Crippen molar-refractivity contribution in [3.63, 3.8) is 0 Å². The van der Waals surface area contributed by atoms with Gasteiger partial charge in [0, 0.05) is 43.2 Å². The number of rotatable bonds is 3. The highest BCUT2D eigenvalue weighted by Crippen LogP contribution is 2.17. The smallest absolute Gasteiger partial charge is 0.240 e. The molecule has 2 aliphatic rings. The standard InChI is InChI=1S/C14H25N3O2S/c1-14(2,3)12(18)8-16-4-6-17(7-5-16)13(19)11-9-20-10-15-11/h11,15H,4-10H2,1-3H3. The minimum Gasteiger partial charge on any atom is -0.339 e. The molecule has 6 heteroatoms. The number of ketones is 1. The van der Waals surface area contributed by atoms with E-state index < -0.39 is 0 Å². The molecule has 0 spiro atoms. The van der Waals surface area contributed by atoms with E-state index in [9.17, 15) is 9.59 Å². The summed E-state index contributed by atoms with van der Waals surface area (Å²) in [6.07, 6.45) is 0. The Balaban J connectivity index is 1.77. The van der Waals surface area contributed by atoms with Crippen LogP contribution in [0.15, 0.2) is 0 Å². The number of thioether (sulfide) groups is 1. The van der Waals surface area contributed by atoms with Crippen molar-refractivity contribution in [3.05, 3.63) is 0 Å². The van der Waals surface area contributed by atoms with Crippen LogP contribution >= 0.6 is 11.8 Å². The molecular formula is C14H25N3O2S. The van der Waals surface area contributed by atoms with Crippen LogP contribution in [0.2, 0.25) is 0 Å². The van der Waals surface area contributed by atoms with Gasteiger partial charge in [0.1, 0.15) is 0 Å². The molecule has 2 fully saturated rings. The van der Waals surface area contributed by atoms with Crippen LogP contribution in [0.5, 0.6) is 0 Å². The summed E-state index contributed by atoms with van der Waals surface area (Å²) in [6, 6.07) is -0.0113. The third-order valence-corrected chi connectivity index (χ3v) is 4.84. The average Bonchev–Trinajstić information content (AvgIpc) is 2.91. The number of nitrogens with zero attached hydrogens (tertiary/aromatic N) is 2. The molecule has 0 aromatic rings. The highest BCUT2D eigenvalue weighted by Gasteiger charge is 2.31. The Kier molecular flexibility index (Phi) is 5.09. The first kappa shape index (κ1) is 15.8. The summed E-state index contributed by atoms with van der Waals surface area (Å²) in [5.41, 5.74) is -0.280. The molecule has 114 valence electrons. The Bertz CT molecular complexity index is 367. The zero-order chi connectivity index (χ0) is 14.8. The van der Waals surface area contributed by atoms with Crippen molar-refractivity contribution >= 4 is 23.5 Å². The number of amides is 1. The summed E-state index contributed by atoms with van der Waals surface area (Å²) in [4.78, 5) is 28.4. The van der Waals surface area contributed by atoms with Gasteiger partial charge in [-0.25, -0.2) is 0 Å². The van der Waals surface area contributed by atoms with Gasteiger partial charge in [0.25, 0.3) is 0 Å². The molecule has 0 saturated carbocycles. The van der Waals surface area contributed by atoms with Crippen LogP contribution in [0, 0.1) is 5.41 Å². The monoisotopic (exact) mass is 299 g/mol. The Hall–Kier alpha value is -0.590. The first-order valence-corrected chi connectivity index (χ1v) is 8.39. The Morgan fingerprint density at radius 3 is 2.35 bits per heavy atom. The average molecular weight is 299 g/mol. The van der Waals surface area contributed by atoms with E-state index in [1.165, 1.54) is 0 Å². The van der Waals surface area contributed by atoms with Gasteiger partial charge in [0.05, 0.1) is 12.6 Å². The van der Waals surface area contributed by atoms with Gasteiger partial charge < -0.3 is 4.90 Å². The normalized spacial score (nSPS) is 24.9. The van der Waals surface area contributed by atoms with E-state index >= 15 is 0 Å². The summed E-state index contributed by atoms with van der Waals surface area (Å²) in [7, 11) is 0. The van der Waals surface area contributed by atoms with Gasteiger partial charge >= 0.3 is 0 Å². The number of piperazine rings is 1. The first-order chi connectivity index (χ1) is 9.38. The van der Waals surface area contributed by atoms with E-state index in [1.807, 2.05) is 25.7 Å². The molecule has 1 atom stereocenters. The van der Waals surface area contributed by atoms with Crippen molar-refractivity contribution in [2.24, 2.45) is 5.41 Å². The molecule has 2 heterocycles. The summed E-state index contributed by atoms with van der Waals surface area (Å²) < 4.78 is 0. The van der Waals surface area contributed by atoms with E-state index in [1.54, 1.807) is 11.8 Å². The second kappa shape index (κ2) is 6.45. The molecule has 5 nitrogen and oxygen atoms in total. The molecular weight excluding hydrogens is 274 g/mol. The number of hydrogen-bond acceptors (Lipinski definition) is 5. The molecule has 0 radical (unpaired) electrons. The number of Topliss-reactive ketones (excluding diaryl/α,β-unsaturated/α-hetero) is 1. The largest absolute Gasteiger partial charge is 0.339 e. The molecule has 0 aliphatic carbocycles. The number of nitrogens with one attached hydrogen (secondary N) is 1. The maximum absolute atomic E-state index is 12.3. The maximum atomic E-state index is 12.3. The maximum Gasteiger partial charge on any atom is 0.240 e. The van der Waals surface area contributed by atoms with E-state index in [2.05, 4.69) is 10.2 Å². The molecule has 1 unspecified atom stereocenters. The summed E-state index contributed by atoms with van der Waals surface area (Å²) in [5, 5.41) is 3.22. The second-order valence-electron chi connectivity index (χ2n) is 6.55. The number of carbonyl (C=O) groups is 2. The van der Waals surface area contributed by atoms with Gasteiger partial charge in [-0.2, -0.15) is 0 Å². The molecule has 2 rings (SSSR count). The number of carbonyl (C=O) groups excluding carboxylic acids is 2. The highest BCUT2D eigenvalue weighted by atomic mass is 32.2. The second-order valence-corrected chi connectivity index (χ2v) is 7.58. The van der Waals surface area contributed by atoms with Crippen LogP contribution in [-0.2, 0) is 9.59 Å². The third-order valence-electron chi connectivity index (χ3n) is 3.90. The lowest BCUT2D eigenvalue weighted by atomic mass is 9.90. The fourth-order valence-corrected chi connectivity index (χ4v) is 3.27. The predicted molar refractivity (Wildman–Crippen MR) is 81.7 cm³/mol. The molecule has 1 N–H and O–H groups in total. The molecule has 0 aromatic carbocycles. The fraction of sp³-hybridized carbons (Fsp3) is 0.857. The van der Waals surface area contributed by atoms with Crippen molar-refractivity contribution in [2.45, 2.75) is 26.8 Å². The minimum atomic E-state index is -0.280. The zero-order valence-corrected chi connectivity index (χ0v) is 13.5. The lowest BCUT2D eigenvalue weighted by molar-refractivity contribution is -0.135. The van der Waals surface area contributed by atoms with Gasteiger partial charge in [-0.1, -0.05) is 20.8 Å². The predicted octanol–water partition coefficient (Wildman–Crippen LogP) is 0.408. The van der Waals surface area contributed by atoms with Crippen LogP contribution in [0.3, 0.4) is 0 Å². The molecule has 2 saturated heterocycles. The van der Waals surface area contributed by atoms with Crippen molar-refractivity contribution in [1.82, 2.24) is 15.1 Å².